The number of amides is 1. The van der Waals surface area contributed by atoms with Crippen LogP contribution >= 0.6 is 22.9 Å². The average Bonchev–Trinajstić information content (AvgIpc) is 3.00. The van der Waals surface area contributed by atoms with Gasteiger partial charge in [-0.15, -0.1) is 11.3 Å². The Morgan fingerprint density at radius 3 is 2.75 bits per heavy atom. The number of halogens is 1. The first-order valence-corrected chi connectivity index (χ1v) is 8.44. The fourth-order valence-corrected chi connectivity index (χ4v) is 3.33. The molecule has 0 unspecified atom stereocenters. The molecular formula is C18H14ClNO3S. The van der Waals surface area contributed by atoms with Crippen molar-refractivity contribution in [1.29, 1.82) is 0 Å². The molecule has 0 saturated carbocycles. The number of fused-ring (bicyclic) bond motifs is 1. The van der Waals surface area contributed by atoms with Gasteiger partial charge in [0.05, 0.1) is 0 Å². The minimum atomic E-state index is -0.505. The number of nitrogens with one attached hydrogen (secondary N) is 1. The molecule has 0 atom stereocenters. The van der Waals surface area contributed by atoms with Gasteiger partial charge >= 0.3 is 5.97 Å². The Morgan fingerprint density at radius 2 is 1.96 bits per heavy atom. The minimum Gasteiger partial charge on any atom is -0.451 e. The second-order valence-electron chi connectivity index (χ2n) is 5.23. The second kappa shape index (κ2) is 7.03. The lowest BCUT2D eigenvalue weighted by molar-refractivity contribution is -0.119. The molecule has 3 rings (SSSR count). The van der Waals surface area contributed by atoms with Crippen molar-refractivity contribution in [2.75, 3.05) is 11.9 Å². The van der Waals surface area contributed by atoms with Crippen LogP contribution in [0.4, 0.5) is 5.69 Å². The van der Waals surface area contributed by atoms with Crippen LogP contribution in [0.2, 0.25) is 5.02 Å². The van der Waals surface area contributed by atoms with E-state index < -0.39 is 11.9 Å². The number of anilines is 1. The molecule has 0 fully saturated rings. The molecule has 2 aromatic carbocycles. The molecule has 24 heavy (non-hydrogen) atoms. The van der Waals surface area contributed by atoms with Crippen LogP contribution < -0.4 is 5.32 Å². The maximum absolute atomic E-state index is 12.1. The lowest BCUT2D eigenvalue weighted by Gasteiger charge is -2.09. The third kappa shape index (κ3) is 3.75. The summed E-state index contributed by atoms with van der Waals surface area (Å²) in [5.41, 5.74) is 1.48. The van der Waals surface area contributed by atoms with Crippen molar-refractivity contribution in [3.8, 4) is 0 Å². The van der Waals surface area contributed by atoms with Gasteiger partial charge in [-0.25, -0.2) is 4.79 Å². The van der Waals surface area contributed by atoms with Crippen molar-refractivity contribution >= 4 is 50.6 Å². The van der Waals surface area contributed by atoms with Crippen LogP contribution in [0, 0.1) is 6.92 Å². The summed E-state index contributed by atoms with van der Waals surface area (Å²) >= 11 is 7.25. The first kappa shape index (κ1) is 16.5. The van der Waals surface area contributed by atoms with Gasteiger partial charge in [-0.2, -0.15) is 0 Å². The maximum Gasteiger partial charge on any atom is 0.348 e. The molecule has 0 saturated heterocycles. The molecule has 1 amide bonds. The summed E-state index contributed by atoms with van der Waals surface area (Å²) in [4.78, 5) is 24.5. The minimum absolute atomic E-state index is 0.348. The summed E-state index contributed by atoms with van der Waals surface area (Å²) in [5, 5.41) is 4.19. The predicted octanol–water partition coefficient (Wildman–Crippen LogP) is 4.66. The summed E-state index contributed by atoms with van der Waals surface area (Å²) in [6.07, 6.45) is 0. The third-order valence-corrected chi connectivity index (χ3v) is 4.77. The number of carbonyl (C=O) groups excluding carboxylic acids is 2. The summed E-state index contributed by atoms with van der Waals surface area (Å²) in [5.74, 6) is -0.913. The zero-order chi connectivity index (χ0) is 17.1. The van der Waals surface area contributed by atoms with E-state index in [-0.39, 0.29) is 6.61 Å². The number of aryl methyl sites for hydroxylation is 1. The molecular weight excluding hydrogens is 346 g/mol. The largest absolute Gasteiger partial charge is 0.451 e. The van der Waals surface area contributed by atoms with Crippen molar-refractivity contribution in [3.05, 3.63) is 64.0 Å². The lowest BCUT2D eigenvalue weighted by Crippen LogP contribution is -2.21. The molecule has 0 radical (unpaired) electrons. The Hall–Kier alpha value is -2.37. The van der Waals surface area contributed by atoms with Gasteiger partial charge in [0.2, 0.25) is 0 Å². The Balaban J connectivity index is 1.61. The average molecular weight is 360 g/mol. The van der Waals surface area contributed by atoms with Crippen molar-refractivity contribution in [2.24, 2.45) is 0 Å². The SMILES string of the molecule is Cc1ccc(Cl)cc1NC(=O)COC(=O)c1cc2ccccc2s1. The first-order valence-electron chi connectivity index (χ1n) is 7.24. The van der Waals surface area contributed by atoms with Crippen molar-refractivity contribution in [3.63, 3.8) is 0 Å². The Morgan fingerprint density at radius 1 is 1.17 bits per heavy atom. The van der Waals surface area contributed by atoms with Crippen LogP contribution in [-0.4, -0.2) is 18.5 Å². The highest BCUT2D eigenvalue weighted by Gasteiger charge is 2.14. The Kier molecular flexibility index (Phi) is 4.83. The molecule has 3 aromatic rings. The number of rotatable bonds is 4. The number of benzene rings is 2. The summed E-state index contributed by atoms with van der Waals surface area (Å²) in [7, 11) is 0. The summed E-state index contributed by atoms with van der Waals surface area (Å²) in [6.45, 7) is 1.51. The monoisotopic (exact) mass is 359 g/mol. The van der Waals surface area contributed by atoms with Crippen molar-refractivity contribution in [1.82, 2.24) is 0 Å². The summed E-state index contributed by atoms with van der Waals surface area (Å²) < 4.78 is 6.09. The number of ether oxygens (including phenoxy) is 1. The standard InChI is InChI=1S/C18H14ClNO3S/c1-11-6-7-13(19)9-14(11)20-17(21)10-23-18(22)16-8-12-4-2-3-5-15(12)24-16/h2-9H,10H2,1H3,(H,20,21). The molecule has 4 nitrogen and oxygen atoms in total. The fourth-order valence-electron chi connectivity index (χ4n) is 2.20. The topological polar surface area (TPSA) is 55.4 Å². The van der Waals surface area contributed by atoms with Gasteiger partial charge in [0.15, 0.2) is 6.61 Å². The molecule has 0 aliphatic heterocycles. The van der Waals surface area contributed by atoms with E-state index in [0.717, 1.165) is 15.6 Å². The smallest absolute Gasteiger partial charge is 0.348 e. The van der Waals surface area contributed by atoms with Crippen LogP contribution in [0.25, 0.3) is 10.1 Å². The molecule has 0 bridgehead atoms. The van der Waals surface area contributed by atoms with Crippen LogP contribution in [0.3, 0.4) is 0 Å². The van der Waals surface area contributed by atoms with E-state index in [1.165, 1.54) is 11.3 Å². The van der Waals surface area contributed by atoms with Crippen LogP contribution in [-0.2, 0) is 9.53 Å². The number of thiophene rings is 1. The van der Waals surface area contributed by atoms with Crippen molar-refractivity contribution < 1.29 is 14.3 Å². The molecule has 6 heteroatoms. The second-order valence-corrected chi connectivity index (χ2v) is 6.75. The number of hydrogen-bond acceptors (Lipinski definition) is 4. The molecule has 0 aliphatic carbocycles. The first-order chi connectivity index (χ1) is 11.5. The normalized spacial score (nSPS) is 10.6. The number of hydrogen-bond donors (Lipinski definition) is 1. The molecule has 0 spiro atoms. The van der Waals surface area contributed by atoms with E-state index >= 15 is 0 Å². The highest BCUT2D eigenvalue weighted by Crippen LogP contribution is 2.25. The van der Waals surface area contributed by atoms with E-state index in [1.807, 2.05) is 31.2 Å². The zero-order valence-corrected chi connectivity index (χ0v) is 14.4. The fraction of sp³-hybridized carbons (Fsp3) is 0.111. The zero-order valence-electron chi connectivity index (χ0n) is 12.8. The summed E-state index contributed by atoms with van der Waals surface area (Å²) in [6, 6.07) is 14.7. The van der Waals surface area contributed by atoms with Gasteiger partial charge < -0.3 is 10.1 Å². The van der Waals surface area contributed by atoms with Gasteiger partial charge in [0, 0.05) is 15.4 Å². The third-order valence-electron chi connectivity index (χ3n) is 3.43. The molecule has 1 heterocycles. The van der Waals surface area contributed by atoms with E-state index in [4.69, 9.17) is 16.3 Å². The van der Waals surface area contributed by atoms with Crippen LogP contribution in [0.15, 0.2) is 48.5 Å². The van der Waals surface area contributed by atoms with Gasteiger partial charge in [-0.1, -0.05) is 35.9 Å². The van der Waals surface area contributed by atoms with E-state index in [1.54, 1.807) is 24.3 Å². The Labute approximate surface area is 148 Å². The lowest BCUT2D eigenvalue weighted by atomic mass is 10.2. The highest BCUT2D eigenvalue weighted by atomic mass is 35.5. The van der Waals surface area contributed by atoms with Gasteiger partial charge in [0.25, 0.3) is 5.91 Å². The van der Waals surface area contributed by atoms with Gasteiger partial charge in [-0.05, 0) is 42.1 Å². The Bertz CT molecular complexity index is 887. The molecule has 1 N–H and O–H groups in total. The molecule has 122 valence electrons. The number of esters is 1. The van der Waals surface area contributed by atoms with Crippen LogP contribution in [0.5, 0.6) is 0 Å². The van der Waals surface area contributed by atoms with E-state index in [9.17, 15) is 9.59 Å². The number of carbonyl (C=O) groups is 2. The van der Waals surface area contributed by atoms with Gasteiger partial charge in [-0.3, -0.25) is 4.79 Å². The van der Waals surface area contributed by atoms with Crippen molar-refractivity contribution in [2.45, 2.75) is 6.92 Å². The van der Waals surface area contributed by atoms with E-state index in [0.29, 0.717) is 15.6 Å². The van der Waals surface area contributed by atoms with E-state index in [2.05, 4.69) is 5.32 Å². The van der Waals surface area contributed by atoms with Gasteiger partial charge in [0.1, 0.15) is 4.88 Å². The highest BCUT2D eigenvalue weighted by molar-refractivity contribution is 7.20. The molecule has 1 aromatic heterocycles. The van der Waals surface area contributed by atoms with Crippen LogP contribution in [0.1, 0.15) is 15.2 Å². The molecule has 0 aliphatic rings. The predicted molar refractivity (Wildman–Crippen MR) is 96.9 cm³/mol. The maximum atomic E-state index is 12.1. The quantitative estimate of drug-likeness (QED) is 0.689.